The minimum atomic E-state index is -0.894. The van der Waals surface area contributed by atoms with Crippen molar-refractivity contribution in [3.8, 4) is 0 Å². The van der Waals surface area contributed by atoms with Crippen molar-refractivity contribution >= 4 is 11.8 Å². The molecule has 1 aromatic heterocycles. The fraction of sp³-hybridized carbons (Fsp3) is 0.600. The zero-order valence-electron chi connectivity index (χ0n) is 12.5. The highest BCUT2D eigenvalue weighted by atomic mass is 16.4. The second-order valence-corrected chi connectivity index (χ2v) is 5.41. The summed E-state index contributed by atoms with van der Waals surface area (Å²) < 4.78 is 0. The van der Waals surface area contributed by atoms with E-state index >= 15 is 0 Å². The lowest BCUT2D eigenvalue weighted by atomic mass is 10.1. The summed E-state index contributed by atoms with van der Waals surface area (Å²) >= 11 is 0. The van der Waals surface area contributed by atoms with E-state index in [2.05, 4.69) is 28.6 Å². The second-order valence-electron chi connectivity index (χ2n) is 5.41. The number of carboxylic acid groups (broad SMARTS) is 1. The summed E-state index contributed by atoms with van der Waals surface area (Å²) in [6, 6.07) is 2.34. The Morgan fingerprint density at radius 3 is 2.60 bits per heavy atom. The average molecular weight is 277 g/mol. The predicted molar refractivity (Wildman–Crippen MR) is 79.5 cm³/mol. The number of carboxylic acids is 1. The van der Waals surface area contributed by atoms with Crippen LogP contribution in [0.1, 0.15) is 36.2 Å². The molecule has 0 aliphatic carbocycles. The number of rotatable bonds is 4. The first-order valence-electron chi connectivity index (χ1n) is 7.22. The van der Waals surface area contributed by atoms with E-state index in [1.165, 1.54) is 0 Å². The van der Waals surface area contributed by atoms with E-state index in [0.717, 1.165) is 38.2 Å². The molecule has 1 unspecified atom stereocenters. The number of carbonyl (C=O) groups is 1. The number of hydrogen-bond donors (Lipinski definition) is 1. The van der Waals surface area contributed by atoms with Gasteiger partial charge in [0.1, 0.15) is 11.4 Å². The zero-order valence-corrected chi connectivity index (χ0v) is 12.5. The highest BCUT2D eigenvalue weighted by Crippen LogP contribution is 2.22. The summed E-state index contributed by atoms with van der Waals surface area (Å²) in [7, 11) is 0. The molecule has 2 rings (SSSR count). The molecule has 20 heavy (non-hydrogen) atoms. The average Bonchev–Trinajstić information content (AvgIpc) is 2.46. The zero-order chi connectivity index (χ0) is 14.7. The molecule has 0 radical (unpaired) electrons. The van der Waals surface area contributed by atoms with Crippen LogP contribution in [0.3, 0.4) is 0 Å². The molecule has 1 saturated heterocycles. The van der Waals surface area contributed by atoms with Crippen LogP contribution >= 0.6 is 0 Å². The third-order valence-corrected chi connectivity index (χ3v) is 4.18. The molecule has 0 amide bonds. The van der Waals surface area contributed by atoms with Crippen molar-refractivity contribution in [2.75, 3.05) is 31.1 Å². The van der Waals surface area contributed by atoms with Gasteiger partial charge in [0.2, 0.25) is 0 Å². The summed E-state index contributed by atoms with van der Waals surface area (Å²) in [5, 5.41) is 9.38. The molecule has 1 atom stereocenters. The van der Waals surface area contributed by atoms with Crippen LogP contribution in [0.25, 0.3) is 0 Å². The number of aromatic nitrogens is 1. The van der Waals surface area contributed by atoms with E-state index in [9.17, 15) is 9.90 Å². The van der Waals surface area contributed by atoms with Crippen LogP contribution in [0.15, 0.2) is 12.3 Å². The normalized spacial score (nSPS) is 18.1. The van der Waals surface area contributed by atoms with Crippen LogP contribution in [-0.2, 0) is 0 Å². The molecule has 5 nitrogen and oxygen atoms in total. The quantitative estimate of drug-likeness (QED) is 0.912. The molecule has 0 saturated carbocycles. The Balaban J connectivity index is 2.15. The van der Waals surface area contributed by atoms with Gasteiger partial charge in [-0.25, -0.2) is 9.78 Å². The maximum Gasteiger partial charge on any atom is 0.339 e. The molecule has 1 aliphatic rings. The van der Waals surface area contributed by atoms with Gasteiger partial charge in [0.05, 0.1) is 0 Å². The highest BCUT2D eigenvalue weighted by Gasteiger charge is 2.25. The molecular formula is C15H23N3O2. The fourth-order valence-corrected chi connectivity index (χ4v) is 2.68. The van der Waals surface area contributed by atoms with Crippen LogP contribution in [0.4, 0.5) is 5.82 Å². The third-order valence-electron chi connectivity index (χ3n) is 4.18. The number of pyridine rings is 1. The van der Waals surface area contributed by atoms with E-state index in [0.29, 0.717) is 17.4 Å². The molecule has 1 N–H and O–H groups in total. The number of hydrogen-bond acceptors (Lipinski definition) is 4. The first kappa shape index (κ1) is 14.8. The molecule has 1 fully saturated rings. The molecule has 2 heterocycles. The summed E-state index contributed by atoms with van der Waals surface area (Å²) in [5.41, 5.74) is 1.11. The Morgan fingerprint density at radius 1 is 1.40 bits per heavy atom. The summed E-state index contributed by atoms with van der Waals surface area (Å²) in [6.07, 6.45) is 2.83. The Kier molecular flexibility index (Phi) is 4.60. The molecule has 0 aromatic carbocycles. The van der Waals surface area contributed by atoms with Crippen molar-refractivity contribution < 1.29 is 9.90 Å². The number of nitrogens with zero attached hydrogens (tertiary/aromatic N) is 3. The lowest BCUT2D eigenvalue weighted by Crippen LogP contribution is -2.50. The van der Waals surface area contributed by atoms with Gasteiger partial charge in [-0.05, 0) is 31.9 Å². The van der Waals surface area contributed by atoms with Gasteiger partial charge in [-0.2, -0.15) is 0 Å². The lowest BCUT2D eigenvalue weighted by Gasteiger charge is -2.38. The van der Waals surface area contributed by atoms with Gasteiger partial charge in [-0.1, -0.05) is 6.92 Å². The van der Waals surface area contributed by atoms with E-state index in [1.54, 1.807) is 12.3 Å². The molecule has 1 aliphatic heterocycles. The summed E-state index contributed by atoms with van der Waals surface area (Å²) in [4.78, 5) is 20.3. The van der Waals surface area contributed by atoms with Crippen LogP contribution in [0, 0.1) is 6.92 Å². The predicted octanol–water partition coefficient (Wildman–Crippen LogP) is 2.01. The van der Waals surface area contributed by atoms with E-state index in [-0.39, 0.29) is 0 Å². The summed E-state index contributed by atoms with van der Waals surface area (Å²) in [6.45, 7) is 9.85. The van der Waals surface area contributed by atoms with Gasteiger partial charge in [-0.3, -0.25) is 4.90 Å². The second kappa shape index (κ2) is 6.22. The number of aromatic carboxylic acids is 1. The van der Waals surface area contributed by atoms with Crippen molar-refractivity contribution in [2.45, 2.75) is 33.2 Å². The van der Waals surface area contributed by atoms with Gasteiger partial charge >= 0.3 is 5.97 Å². The number of aryl methyl sites for hydroxylation is 1. The topological polar surface area (TPSA) is 56.7 Å². The van der Waals surface area contributed by atoms with Gasteiger partial charge in [0.25, 0.3) is 0 Å². The first-order chi connectivity index (χ1) is 9.54. The van der Waals surface area contributed by atoms with Gasteiger partial charge in [0.15, 0.2) is 0 Å². The molecule has 0 bridgehead atoms. The van der Waals surface area contributed by atoms with Crippen LogP contribution in [0.5, 0.6) is 0 Å². The smallest absolute Gasteiger partial charge is 0.339 e. The Bertz CT molecular complexity index is 482. The maximum absolute atomic E-state index is 11.4. The van der Waals surface area contributed by atoms with Gasteiger partial charge < -0.3 is 10.0 Å². The molecule has 0 spiro atoms. The molecular weight excluding hydrogens is 254 g/mol. The number of piperazine rings is 1. The van der Waals surface area contributed by atoms with E-state index in [1.807, 2.05) is 6.92 Å². The van der Waals surface area contributed by atoms with Crippen LogP contribution in [-0.4, -0.2) is 53.2 Å². The SMILES string of the molecule is CCC(C)N1CCN(c2nccc(C)c2C(=O)O)CC1. The Hall–Kier alpha value is -1.62. The lowest BCUT2D eigenvalue weighted by molar-refractivity contribution is 0.0696. The maximum atomic E-state index is 11.4. The summed E-state index contributed by atoms with van der Waals surface area (Å²) in [5.74, 6) is -0.281. The van der Waals surface area contributed by atoms with E-state index in [4.69, 9.17) is 0 Å². The molecule has 1 aromatic rings. The van der Waals surface area contributed by atoms with Crippen molar-refractivity contribution in [1.29, 1.82) is 0 Å². The fourth-order valence-electron chi connectivity index (χ4n) is 2.68. The van der Waals surface area contributed by atoms with Crippen molar-refractivity contribution in [1.82, 2.24) is 9.88 Å². The monoisotopic (exact) mass is 277 g/mol. The minimum absolute atomic E-state index is 0.337. The van der Waals surface area contributed by atoms with Crippen LogP contribution in [0.2, 0.25) is 0 Å². The third kappa shape index (κ3) is 2.93. The highest BCUT2D eigenvalue weighted by molar-refractivity contribution is 5.95. The molecule has 5 heteroatoms. The van der Waals surface area contributed by atoms with Crippen LogP contribution < -0.4 is 4.90 Å². The van der Waals surface area contributed by atoms with Crippen molar-refractivity contribution in [3.63, 3.8) is 0 Å². The Labute approximate surface area is 120 Å². The van der Waals surface area contributed by atoms with Gasteiger partial charge in [-0.15, -0.1) is 0 Å². The van der Waals surface area contributed by atoms with E-state index < -0.39 is 5.97 Å². The van der Waals surface area contributed by atoms with Gasteiger partial charge in [0, 0.05) is 38.4 Å². The minimum Gasteiger partial charge on any atom is -0.478 e. The first-order valence-corrected chi connectivity index (χ1v) is 7.22. The standard InChI is InChI=1S/C15H23N3O2/c1-4-12(3)17-7-9-18(10-8-17)14-13(15(19)20)11(2)5-6-16-14/h5-6,12H,4,7-10H2,1-3H3,(H,19,20). The largest absolute Gasteiger partial charge is 0.478 e. The molecule has 110 valence electrons. The van der Waals surface area contributed by atoms with Crippen molar-refractivity contribution in [3.05, 3.63) is 23.4 Å². The Morgan fingerprint density at radius 2 is 2.05 bits per heavy atom. The van der Waals surface area contributed by atoms with Crippen molar-refractivity contribution in [2.24, 2.45) is 0 Å². The number of anilines is 1.